The molecule has 1 aromatic heterocycles. The Balaban J connectivity index is 1.72. The molecular formula is C16H21N3O2. The van der Waals surface area contributed by atoms with Crippen molar-refractivity contribution >= 4 is 16.9 Å². The molecule has 1 saturated heterocycles. The van der Waals surface area contributed by atoms with Crippen LogP contribution in [-0.2, 0) is 0 Å². The van der Waals surface area contributed by atoms with Gasteiger partial charge in [0, 0.05) is 44.2 Å². The number of piperazine rings is 1. The van der Waals surface area contributed by atoms with Gasteiger partial charge in [-0.2, -0.15) is 0 Å². The highest BCUT2D eigenvalue weighted by molar-refractivity contribution is 6.05. The van der Waals surface area contributed by atoms with Crippen molar-refractivity contribution in [1.82, 2.24) is 9.80 Å². The predicted molar refractivity (Wildman–Crippen MR) is 82.2 cm³/mol. The van der Waals surface area contributed by atoms with Gasteiger partial charge in [0.2, 0.25) is 0 Å². The normalized spacial score (nSPS) is 18.1. The number of furan rings is 1. The molecule has 1 aliphatic heterocycles. The van der Waals surface area contributed by atoms with Gasteiger partial charge in [0.05, 0.1) is 5.56 Å². The van der Waals surface area contributed by atoms with Crippen molar-refractivity contribution < 1.29 is 9.21 Å². The van der Waals surface area contributed by atoms with Crippen LogP contribution in [-0.4, -0.2) is 54.5 Å². The number of carbonyl (C=O) groups excluding carboxylic acids is 1. The highest BCUT2D eigenvalue weighted by Crippen LogP contribution is 2.22. The monoisotopic (exact) mass is 287 g/mol. The Morgan fingerprint density at radius 3 is 2.71 bits per heavy atom. The number of benzene rings is 1. The second-order valence-electron chi connectivity index (χ2n) is 5.56. The molecule has 3 rings (SSSR count). The fourth-order valence-electron chi connectivity index (χ4n) is 2.83. The molecule has 0 radical (unpaired) electrons. The quantitative estimate of drug-likeness (QED) is 0.930. The molecule has 2 N–H and O–H groups in total. The zero-order chi connectivity index (χ0) is 14.8. The van der Waals surface area contributed by atoms with Crippen molar-refractivity contribution in [3.63, 3.8) is 0 Å². The molecule has 1 fully saturated rings. The Morgan fingerprint density at radius 1 is 1.29 bits per heavy atom. The van der Waals surface area contributed by atoms with Crippen molar-refractivity contribution in [2.45, 2.75) is 13.0 Å². The fourth-order valence-corrected chi connectivity index (χ4v) is 2.83. The minimum absolute atomic E-state index is 0.0556. The molecule has 5 nitrogen and oxygen atoms in total. The van der Waals surface area contributed by atoms with Crippen molar-refractivity contribution in [1.29, 1.82) is 0 Å². The van der Waals surface area contributed by atoms with E-state index in [4.69, 9.17) is 10.2 Å². The molecule has 5 heteroatoms. The van der Waals surface area contributed by atoms with E-state index in [2.05, 4.69) is 11.8 Å². The van der Waals surface area contributed by atoms with Crippen LogP contribution in [0.25, 0.3) is 11.0 Å². The van der Waals surface area contributed by atoms with E-state index >= 15 is 0 Å². The molecule has 2 heterocycles. The summed E-state index contributed by atoms with van der Waals surface area (Å²) < 4.78 is 5.46. The zero-order valence-corrected chi connectivity index (χ0v) is 12.3. The lowest BCUT2D eigenvalue weighted by Crippen LogP contribution is -2.52. The first-order chi connectivity index (χ1) is 10.2. The van der Waals surface area contributed by atoms with E-state index in [1.807, 2.05) is 29.2 Å². The minimum Gasteiger partial charge on any atom is -0.463 e. The maximum absolute atomic E-state index is 12.6. The molecule has 0 aliphatic carbocycles. The molecule has 0 bridgehead atoms. The average molecular weight is 287 g/mol. The van der Waals surface area contributed by atoms with E-state index in [1.165, 1.54) is 0 Å². The number of nitrogens with two attached hydrogens (primary N) is 1. The highest BCUT2D eigenvalue weighted by atomic mass is 16.3. The van der Waals surface area contributed by atoms with E-state index < -0.39 is 0 Å². The lowest BCUT2D eigenvalue weighted by atomic mass is 10.1. The van der Waals surface area contributed by atoms with Gasteiger partial charge in [-0.15, -0.1) is 0 Å². The number of amides is 1. The Morgan fingerprint density at radius 2 is 2.00 bits per heavy atom. The number of fused-ring (bicyclic) bond motifs is 1. The Bertz CT molecular complexity index is 629. The number of hydrogen-bond donors (Lipinski definition) is 1. The summed E-state index contributed by atoms with van der Waals surface area (Å²) in [5.41, 5.74) is 7.12. The Kier molecular flexibility index (Phi) is 3.94. The molecule has 0 spiro atoms. The second kappa shape index (κ2) is 5.87. The third-order valence-corrected chi connectivity index (χ3v) is 4.28. The third-order valence-electron chi connectivity index (χ3n) is 4.28. The van der Waals surface area contributed by atoms with Crippen LogP contribution in [0.15, 0.2) is 34.9 Å². The summed E-state index contributed by atoms with van der Waals surface area (Å²) in [6.07, 6.45) is 1.57. The summed E-state index contributed by atoms with van der Waals surface area (Å²) in [7, 11) is 0. The van der Waals surface area contributed by atoms with Gasteiger partial charge in [-0.1, -0.05) is 18.2 Å². The van der Waals surface area contributed by atoms with Crippen LogP contribution < -0.4 is 5.73 Å². The lowest BCUT2D eigenvalue weighted by molar-refractivity contribution is 0.0590. The van der Waals surface area contributed by atoms with E-state index in [-0.39, 0.29) is 5.91 Å². The summed E-state index contributed by atoms with van der Waals surface area (Å²) >= 11 is 0. The van der Waals surface area contributed by atoms with Gasteiger partial charge in [0.1, 0.15) is 11.8 Å². The standard InChI is InChI=1S/C16H21N3O2/c1-12(10-17)18-6-8-19(9-7-18)16(20)14-11-21-15-5-3-2-4-13(14)15/h2-5,11-12H,6-10,17H2,1H3. The molecule has 1 aromatic carbocycles. The van der Waals surface area contributed by atoms with Gasteiger partial charge in [-0.3, -0.25) is 9.69 Å². The molecule has 0 saturated carbocycles. The number of nitrogens with zero attached hydrogens (tertiary/aromatic N) is 2. The molecule has 1 atom stereocenters. The first kappa shape index (κ1) is 14.1. The first-order valence-corrected chi connectivity index (χ1v) is 7.40. The minimum atomic E-state index is 0.0556. The molecular weight excluding hydrogens is 266 g/mol. The van der Waals surface area contributed by atoms with Gasteiger partial charge >= 0.3 is 0 Å². The molecule has 1 unspecified atom stereocenters. The molecule has 2 aromatic rings. The second-order valence-corrected chi connectivity index (χ2v) is 5.56. The maximum Gasteiger partial charge on any atom is 0.257 e. The number of hydrogen-bond acceptors (Lipinski definition) is 4. The van der Waals surface area contributed by atoms with Gasteiger partial charge in [-0.05, 0) is 13.0 Å². The van der Waals surface area contributed by atoms with Gasteiger partial charge < -0.3 is 15.1 Å². The van der Waals surface area contributed by atoms with Crippen molar-refractivity contribution in [2.24, 2.45) is 5.73 Å². The molecule has 21 heavy (non-hydrogen) atoms. The van der Waals surface area contributed by atoms with Crippen LogP contribution >= 0.6 is 0 Å². The zero-order valence-electron chi connectivity index (χ0n) is 12.3. The Labute approximate surface area is 124 Å². The van der Waals surface area contributed by atoms with Crippen molar-refractivity contribution in [2.75, 3.05) is 32.7 Å². The van der Waals surface area contributed by atoms with Crippen LogP contribution in [0.5, 0.6) is 0 Å². The summed E-state index contributed by atoms with van der Waals surface area (Å²) in [5, 5.41) is 0.889. The topological polar surface area (TPSA) is 62.7 Å². The number of rotatable bonds is 3. The van der Waals surface area contributed by atoms with Crippen LogP contribution in [0.4, 0.5) is 0 Å². The van der Waals surface area contributed by atoms with Crippen LogP contribution in [0.3, 0.4) is 0 Å². The predicted octanol–water partition coefficient (Wildman–Crippen LogP) is 1.54. The van der Waals surface area contributed by atoms with Gasteiger partial charge in [0.25, 0.3) is 5.91 Å². The van der Waals surface area contributed by atoms with E-state index in [0.29, 0.717) is 18.2 Å². The number of para-hydroxylation sites is 1. The maximum atomic E-state index is 12.6. The van der Waals surface area contributed by atoms with Gasteiger partial charge in [0.15, 0.2) is 0 Å². The summed E-state index contributed by atoms with van der Waals surface area (Å²) in [6.45, 7) is 6.01. The lowest BCUT2D eigenvalue weighted by Gasteiger charge is -2.37. The van der Waals surface area contributed by atoms with E-state index in [0.717, 1.165) is 37.1 Å². The SMILES string of the molecule is CC(CN)N1CCN(C(=O)c2coc3ccccc23)CC1. The molecule has 112 valence electrons. The first-order valence-electron chi connectivity index (χ1n) is 7.40. The largest absolute Gasteiger partial charge is 0.463 e. The summed E-state index contributed by atoms with van der Waals surface area (Å²) in [5.74, 6) is 0.0556. The van der Waals surface area contributed by atoms with Crippen LogP contribution in [0.2, 0.25) is 0 Å². The summed E-state index contributed by atoms with van der Waals surface area (Å²) in [4.78, 5) is 16.9. The van der Waals surface area contributed by atoms with E-state index in [9.17, 15) is 4.79 Å². The van der Waals surface area contributed by atoms with Gasteiger partial charge in [-0.25, -0.2) is 0 Å². The average Bonchev–Trinajstić information content (AvgIpc) is 2.97. The number of carbonyl (C=O) groups is 1. The van der Waals surface area contributed by atoms with E-state index in [1.54, 1.807) is 6.26 Å². The third kappa shape index (κ3) is 2.66. The van der Waals surface area contributed by atoms with Crippen LogP contribution in [0.1, 0.15) is 17.3 Å². The Hall–Kier alpha value is -1.85. The fraction of sp³-hybridized carbons (Fsp3) is 0.438. The van der Waals surface area contributed by atoms with Crippen molar-refractivity contribution in [3.05, 3.63) is 36.1 Å². The molecule has 1 amide bonds. The summed E-state index contributed by atoms with van der Waals surface area (Å²) in [6, 6.07) is 8.02. The van der Waals surface area contributed by atoms with Crippen LogP contribution in [0, 0.1) is 0 Å². The van der Waals surface area contributed by atoms with Crippen molar-refractivity contribution in [3.8, 4) is 0 Å². The molecule has 1 aliphatic rings. The smallest absolute Gasteiger partial charge is 0.257 e. The highest BCUT2D eigenvalue weighted by Gasteiger charge is 2.26.